The third-order valence-corrected chi connectivity index (χ3v) is 3.65. The first kappa shape index (κ1) is 15.1. The Hall–Kier alpha value is -2.30. The van der Waals surface area contributed by atoms with Gasteiger partial charge in [0.25, 0.3) is 5.91 Å². The van der Waals surface area contributed by atoms with Gasteiger partial charge in [-0.1, -0.05) is 13.8 Å². The maximum atomic E-state index is 12.3. The van der Waals surface area contributed by atoms with Crippen molar-refractivity contribution in [3.8, 4) is 0 Å². The third-order valence-electron chi connectivity index (χ3n) is 3.65. The minimum absolute atomic E-state index is 0.200. The second-order valence-electron chi connectivity index (χ2n) is 5.62. The second kappa shape index (κ2) is 5.60. The van der Waals surface area contributed by atoms with E-state index >= 15 is 0 Å². The molecule has 1 atom stereocenters. The van der Waals surface area contributed by atoms with Crippen LogP contribution in [0.15, 0.2) is 22.8 Å². The smallest absolute Gasteiger partial charge is 0.326 e. The Bertz CT molecular complexity index is 700. The topological polar surface area (TPSA) is 79.5 Å². The van der Waals surface area contributed by atoms with Gasteiger partial charge >= 0.3 is 5.97 Å². The molecule has 2 N–H and O–H groups in total. The van der Waals surface area contributed by atoms with E-state index in [9.17, 15) is 9.59 Å². The first-order valence-electron chi connectivity index (χ1n) is 6.83. The predicted octanol–water partition coefficient (Wildman–Crippen LogP) is 2.89. The van der Waals surface area contributed by atoms with Gasteiger partial charge in [0.05, 0.1) is 5.56 Å². The number of benzene rings is 1. The molecule has 0 aliphatic heterocycles. The Kier molecular flexibility index (Phi) is 4.02. The average Bonchev–Trinajstić information content (AvgIpc) is 2.78. The molecule has 1 aromatic carbocycles. The normalized spacial score (nSPS) is 12.6. The molecule has 0 aliphatic rings. The summed E-state index contributed by atoms with van der Waals surface area (Å²) in [5, 5.41) is 12.4. The predicted molar refractivity (Wildman–Crippen MR) is 79.4 cm³/mol. The van der Waals surface area contributed by atoms with E-state index in [1.807, 2.05) is 26.0 Å². The van der Waals surface area contributed by atoms with Crippen LogP contribution in [0.25, 0.3) is 11.0 Å². The quantitative estimate of drug-likeness (QED) is 0.907. The van der Waals surface area contributed by atoms with E-state index in [-0.39, 0.29) is 5.92 Å². The lowest BCUT2D eigenvalue weighted by Gasteiger charge is -2.17. The van der Waals surface area contributed by atoms with E-state index < -0.39 is 17.9 Å². The number of nitrogens with one attached hydrogen (secondary N) is 1. The molecule has 5 heteroatoms. The van der Waals surface area contributed by atoms with Crippen molar-refractivity contribution in [3.63, 3.8) is 0 Å². The first-order chi connectivity index (χ1) is 9.81. The van der Waals surface area contributed by atoms with Crippen LogP contribution in [0.1, 0.15) is 35.3 Å². The van der Waals surface area contributed by atoms with Crippen LogP contribution in [0.2, 0.25) is 0 Å². The molecule has 112 valence electrons. The van der Waals surface area contributed by atoms with Gasteiger partial charge in [-0.05, 0) is 43.0 Å². The number of rotatable bonds is 4. The first-order valence-corrected chi connectivity index (χ1v) is 6.83. The van der Waals surface area contributed by atoms with Crippen LogP contribution in [-0.4, -0.2) is 23.0 Å². The molecule has 0 unspecified atom stereocenters. The fourth-order valence-corrected chi connectivity index (χ4v) is 2.19. The number of carbonyl (C=O) groups excluding carboxylic acids is 1. The number of fused-ring (bicyclic) bond motifs is 1. The lowest BCUT2D eigenvalue weighted by molar-refractivity contribution is -0.140. The Morgan fingerprint density at radius 2 is 1.81 bits per heavy atom. The van der Waals surface area contributed by atoms with Crippen molar-refractivity contribution in [3.05, 3.63) is 35.1 Å². The van der Waals surface area contributed by atoms with E-state index in [0.717, 1.165) is 11.1 Å². The fraction of sp³-hybridized carbons (Fsp3) is 0.375. The number of carboxylic acid groups (broad SMARTS) is 1. The summed E-state index contributed by atoms with van der Waals surface area (Å²) in [6, 6.07) is 2.83. The van der Waals surface area contributed by atoms with Crippen molar-refractivity contribution in [2.24, 2.45) is 5.92 Å². The van der Waals surface area contributed by atoms with Gasteiger partial charge in [0.2, 0.25) is 0 Å². The van der Waals surface area contributed by atoms with E-state index in [1.54, 1.807) is 13.8 Å². The van der Waals surface area contributed by atoms with Crippen molar-refractivity contribution in [1.29, 1.82) is 0 Å². The highest BCUT2D eigenvalue weighted by atomic mass is 16.4. The Labute approximate surface area is 122 Å². The third kappa shape index (κ3) is 2.91. The summed E-state index contributed by atoms with van der Waals surface area (Å²) in [6.45, 7) is 7.42. The molecule has 2 rings (SSSR count). The van der Waals surface area contributed by atoms with Crippen molar-refractivity contribution in [2.45, 2.75) is 33.7 Å². The minimum atomic E-state index is -1.04. The van der Waals surface area contributed by atoms with Gasteiger partial charge in [0.15, 0.2) is 0 Å². The number of aliphatic carboxylic acids is 1. The van der Waals surface area contributed by atoms with E-state index in [2.05, 4.69) is 5.32 Å². The maximum Gasteiger partial charge on any atom is 0.326 e. The molecule has 0 fully saturated rings. The molecule has 0 radical (unpaired) electrons. The van der Waals surface area contributed by atoms with Gasteiger partial charge < -0.3 is 14.8 Å². The number of aryl methyl sites for hydroxylation is 2. The standard InChI is InChI=1S/C16H19NO4/c1-8(2)14(16(19)20)17-15(18)12-7-21-13-6-10(4)9(3)5-11(12)13/h5-8,14H,1-4H3,(H,17,18)(H,19,20)/t14-/m1/s1. The van der Waals surface area contributed by atoms with Crippen LogP contribution in [0.3, 0.4) is 0 Å². The molecule has 0 aliphatic carbocycles. The molecular formula is C16H19NO4. The van der Waals surface area contributed by atoms with Gasteiger partial charge in [-0.25, -0.2) is 4.79 Å². The van der Waals surface area contributed by atoms with Gasteiger partial charge in [-0.3, -0.25) is 4.79 Å². The molecule has 0 saturated carbocycles. The van der Waals surface area contributed by atoms with E-state index in [0.29, 0.717) is 16.5 Å². The Morgan fingerprint density at radius 1 is 1.19 bits per heavy atom. The summed E-state index contributed by atoms with van der Waals surface area (Å²) in [5.74, 6) is -1.68. The lowest BCUT2D eigenvalue weighted by atomic mass is 10.0. The zero-order valence-electron chi connectivity index (χ0n) is 12.6. The second-order valence-corrected chi connectivity index (χ2v) is 5.62. The number of carboxylic acids is 1. The van der Waals surface area contributed by atoms with Crippen molar-refractivity contribution in [2.75, 3.05) is 0 Å². The maximum absolute atomic E-state index is 12.3. The molecule has 0 saturated heterocycles. The van der Waals surface area contributed by atoms with Crippen LogP contribution < -0.4 is 5.32 Å². The Morgan fingerprint density at radius 3 is 2.38 bits per heavy atom. The summed E-state index contributed by atoms with van der Waals surface area (Å²) in [6.07, 6.45) is 1.37. The highest BCUT2D eigenvalue weighted by Gasteiger charge is 2.25. The summed E-state index contributed by atoms with van der Waals surface area (Å²) in [7, 11) is 0. The molecule has 1 amide bonds. The minimum Gasteiger partial charge on any atom is -0.480 e. The number of hydrogen-bond donors (Lipinski definition) is 2. The van der Waals surface area contributed by atoms with Gasteiger partial charge in [-0.2, -0.15) is 0 Å². The van der Waals surface area contributed by atoms with Gasteiger partial charge in [0.1, 0.15) is 17.9 Å². The monoisotopic (exact) mass is 289 g/mol. The van der Waals surface area contributed by atoms with E-state index in [4.69, 9.17) is 9.52 Å². The van der Waals surface area contributed by atoms with Crippen LogP contribution in [0.4, 0.5) is 0 Å². The molecular weight excluding hydrogens is 270 g/mol. The highest BCUT2D eigenvalue weighted by molar-refractivity contribution is 6.07. The lowest BCUT2D eigenvalue weighted by Crippen LogP contribution is -2.44. The van der Waals surface area contributed by atoms with Crippen LogP contribution in [0.5, 0.6) is 0 Å². The highest BCUT2D eigenvalue weighted by Crippen LogP contribution is 2.25. The molecule has 21 heavy (non-hydrogen) atoms. The van der Waals surface area contributed by atoms with Crippen LogP contribution in [0, 0.1) is 19.8 Å². The number of carbonyl (C=O) groups is 2. The zero-order valence-corrected chi connectivity index (χ0v) is 12.6. The molecule has 2 aromatic rings. The molecule has 1 heterocycles. The van der Waals surface area contributed by atoms with Gasteiger partial charge in [0, 0.05) is 5.39 Å². The molecule has 5 nitrogen and oxygen atoms in total. The molecule has 0 spiro atoms. The number of amides is 1. The van der Waals surface area contributed by atoms with Crippen molar-refractivity contribution in [1.82, 2.24) is 5.32 Å². The summed E-state index contributed by atoms with van der Waals surface area (Å²) in [5.41, 5.74) is 3.12. The number of hydrogen-bond acceptors (Lipinski definition) is 3. The largest absolute Gasteiger partial charge is 0.480 e. The SMILES string of the molecule is Cc1cc2occ(C(=O)N[C@@H](C(=O)O)C(C)C)c2cc1C. The molecule has 0 bridgehead atoms. The van der Waals surface area contributed by atoms with Crippen molar-refractivity contribution >= 4 is 22.8 Å². The Balaban J connectivity index is 2.36. The van der Waals surface area contributed by atoms with Crippen molar-refractivity contribution < 1.29 is 19.1 Å². The number of furan rings is 1. The van der Waals surface area contributed by atoms with Gasteiger partial charge in [-0.15, -0.1) is 0 Å². The summed E-state index contributed by atoms with van der Waals surface area (Å²) in [4.78, 5) is 23.5. The fourth-order valence-electron chi connectivity index (χ4n) is 2.19. The molecule has 1 aromatic heterocycles. The summed E-state index contributed by atoms with van der Waals surface area (Å²) < 4.78 is 5.40. The zero-order chi connectivity index (χ0) is 15.7. The average molecular weight is 289 g/mol. The van der Waals surface area contributed by atoms with Crippen LogP contribution in [-0.2, 0) is 4.79 Å². The van der Waals surface area contributed by atoms with E-state index in [1.165, 1.54) is 6.26 Å². The van der Waals surface area contributed by atoms with Crippen LogP contribution >= 0.6 is 0 Å². The summed E-state index contributed by atoms with van der Waals surface area (Å²) >= 11 is 0.